The number of furan rings is 1. The van der Waals surface area contributed by atoms with Crippen molar-refractivity contribution in [2.75, 3.05) is 0 Å². The van der Waals surface area contributed by atoms with Crippen LogP contribution in [0.4, 0.5) is 0 Å². The van der Waals surface area contributed by atoms with Gasteiger partial charge in [0.25, 0.3) is 0 Å². The lowest BCUT2D eigenvalue weighted by atomic mass is 9.98. The monoisotopic (exact) mass is 178 g/mol. The van der Waals surface area contributed by atoms with Gasteiger partial charge in [0.2, 0.25) is 5.91 Å². The summed E-state index contributed by atoms with van der Waals surface area (Å²) in [5.74, 6) is 0.344. The minimum atomic E-state index is -0.670. The van der Waals surface area contributed by atoms with Crippen LogP contribution in [0.5, 0.6) is 0 Å². The minimum Gasteiger partial charge on any atom is -0.467 e. The fourth-order valence-electron chi connectivity index (χ4n) is 1.24. The minimum absolute atomic E-state index is 0.265. The number of nitrogens with one attached hydrogen (secondary N) is 1. The van der Waals surface area contributed by atoms with E-state index in [0.717, 1.165) is 0 Å². The van der Waals surface area contributed by atoms with Crippen LogP contribution >= 0.6 is 0 Å². The van der Waals surface area contributed by atoms with E-state index in [2.05, 4.69) is 15.3 Å². The molecule has 1 aromatic rings. The molecular formula is C7H6N4O2. The molecule has 6 heteroatoms. The first-order chi connectivity index (χ1) is 6.33. The van der Waals surface area contributed by atoms with Gasteiger partial charge >= 0.3 is 0 Å². The van der Waals surface area contributed by atoms with E-state index >= 15 is 0 Å². The van der Waals surface area contributed by atoms with E-state index in [-0.39, 0.29) is 11.9 Å². The van der Waals surface area contributed by atoms with Crippen molar-refractivity contribution in [3.63, 3.8) is 0 Å². The molecule has 1 aliphatic rings. The third-order valence-electron chi connectivity index (χ3n) is 1.91. The largest absolute Gasteiger partial charge is 0.467 e. The molecular weight excluding hydrogens is 172 g/mol. The van der Waals surface area contributed by atoms with E-state index in [1.54, 1.807) is 12.1 Å². The summed E-state index contributed by atoms with van der Waals surface area (Å²) in [6.45, 7) is 0. The first kappa shape index (κ1) is 7.70. The van der Waals surface area contributed by atoms with Gasteiger partial charge in [-0.05, 0) is 17.7 Å². The van der Waals surface area contributed by atoms with Crippen LogP contribution in [-0.2, 0) is 4.79 Å². The van der Waals surface area contributed by atoms with E-state index in [1.165, 1.54) is 6.26 Å². The van der Waals surface area contributed by atoms with Crippen molar-refractivity contribution in [3.05, 3.63) is 34.6 Å². The summed E-state index contributed by atoms with van der Waals surface area (Å²) < 4.78 is 5.06. The highest BCUT2D eigenvalue weighted by atomic mass is 16.3. The quantitative estimate of drug-likeness (QED) is 0.318. The Morgan fingerprint density at radius 2 is 2.54 bits per heavy atom. The van der Waals surface area contributed by atoms with Gasteiger partial charge in [0, 0.05) is 4.91 Å². The lowest BCUT2D eigenvalue weighted by Crippen LogP contribution is -2.54. The van der Waals surface area contributed by atoms with Crippen molar-refractivity contribution in [1.82, 2.24) is 5.32 Å². The van der Waals surface area contributed by atoms with Crippen LogP contribution in [0, 0.1) is 0 Å². The number of azide groups is 1. The van der Waals surface area contributed by atoms with Gasteiger partial charge in [-0.1, -0.05) is 5.11 Å². The van der Waals surface area contributed by atoms with Crippen LogP contribution in [-0.4, -0.2) is 11.9 Å². The van der Waals surface area contributed by atoms with Crippen LogP contribution in [0.3, 0.4) is 0 Å². The number of carbonyl (C=O) groups is 1. The summed E-state index contributed by atoms with van der Waals surface area (Å²) in [6.07, 6.45) is 1.51. The van der Waals surface area contributed by atoms with E-state index in [1.807, 2.05) is 0 Å². The highest BCUT2D eigenvalue weighted by Crippen LogP contribution is 2.27. The average Bonchev–Trinajstić information content (AvgIpc) is 2.62. The summed E-state index contributed by atoms with van der Waals surface area (Å²) in [5.41, 5.74) is 8.18. The zero-order valence-electron chi connectivity index (χ0n) is 6.54. The zero-order chi connectivity index (χ0) is 9.26. The Labute approximate surface area is 73.2 Å². The van der Waals surface area contributed by atoms with Crippen LogP contribution in [0.1, 0.15) is 11.8 Å². The zero-order valence-corrected chi connectivity index (χ0v) is 6.54. The summed E-state index contributed by atoms with van der Waals surface area (Å²) in [4.78, 5) is 13.5. The summed E-state index contributed by atoms with van der Waals surface area (Å²) in [6, 6.07) is 2.46. The standard InChI is InChI=1S/C7H6N4O2/c8-11-10-6-5(9-7(6)12)4-2-1-3-13-4/h1-3,5-6H,(H,9,12). The molecule has 1 aliphatic heterocycles. The lowest BCUT2D eigenvalue weighted by Gasteiger charge is -2.31. The van der Waals surface area contributed by atoms with E-state index in [9.17, 15) is 4.79 Å². The summed E-state index contributed by atoms with van der Waals surface area (Å²) in [5, 5.41) is 5.94. The Balaban J connectivity index is 2.19. The third-order valence-corrected chi connectivity index (χ3v) is 1.91. The molecule has 2 heterocycles. The van der Waals surface area contributed by atoms with E-state index in [4.69, 9.17) is 9.95 Å². The molecule has 1 N–H and O–H groups in total. The maximum absolute atomic E-state index is 10.9. The van der Waals surface area contributed by atoms with Gasteiger partial charge in [0.15, 0.2) is 0 Å². The second-order valence-corrected chi connectivity index (χ2v) is 2.65. The predicted molar refractivity (Wildman–Crippen MR) is 42.5 cm³/mol. The lowest BCUT2D eigenvalue weighted by molar-refractivity contribution is -0.130. The molecule has 2 rings (SSSR count). The number of β-lactam (4-membered cyclic amide) rings is 1. The fourth-order valence-corrected chi connectivity index (χ4v) is 1.24. The topological polar surface area (TPSA) is 91.0 Å². The number of amides is 1. The first-order valence-corrected chi connectivity index (χ1v) is 3.71. The van der Waals surface area contributed by atoms with Crippen LogP contribution in [0.25, 0.3) is 10.4 Å². The Hall–Kier alpha value is -1.94. The maximum atomic E-state index is 10.9. The molecule has 2 atom stereocenters. The highest BCUT2D eigenvalue weighted by Gasteiger charge is 2.41. The molecule has 1 fully saturated rings. The Kier molecular flexibility index (Phi) is 1.68. The van der Waals surface area contributed by atoms with Crippen LogP contribution < -0.4 is 5.32 Å². The fraction of sp³-hybridized carbons (Fsp3) is 0.286. The van der Waals surface area contributed by atoms with Gasteiger partial charge in [-0.15, -0.1) is 0 Å². The summed E-state index contributed by atoms with van der Waals surface area (Å²) in [7, 11) is 0. The molecule has 1 amide bonds. The van der Waals surface area contributed by atoms with Crippen molar-refractivity contribution < 1.29 is 9.21 Å². The van der Waals surface area contributed by atoms with Crippen molar-refractivity contribution >= 4 is 5.91 Å². The van der Waals surface area contributed by atoms with Gasteiger partial charge in [-0.3, -0.25) is 4.79 Å². The molecule has 0 aromatic carbocycles. The van der Waals surface area contributed by atoms with E-state index in [0.29, 0.717) is 5.76 Å². The summed E-state index contributed by atoms with van der Waals surface area (Å²) >= 11 is 0. The molecule has 2 unspecified atom stereocenters. The van der Waals surface area contributed by atoms with Crippen LogP contribution in [0.2, 0.25) is 0 Å². The highest BCUT2D eigenvalue weighted by molar-refractivity contribution is 5.89. The first-order valence-electron chi connectivity index (χ1n) is 3.71. The number of nitrogens with zero attached hydrogens (tertiary/aromatic N) is 3. The number of rotatable bonds is 2. The molecule has 0 bridgehead atoms. The van der Waals surface area contributed by atoms with Crippen molar-refractivity contribution in [2.24, 2.45) is 5.11 Å². The van der Waals surface area contributed by atoms with Gasteiger partial charge < -0.3 is 9.73 Å². The van der Waals surface area contributed by atoms with E-state index < -0.39 is 6.04 Å². The normalized spacial score (nSPS) is 25.7. The Morgan fingerprint density at radius 3 is 3.08 bits per heavy atom. The third kappa shape index (κ3) is 1.13. The molecule has 1 saturated heterocycles. The number of hydrogen-bond donors (Lipinski definition) is 1. The van der Waals surface area contributed by atoms with Crippen molar-refractivity contribution in [2.45, 2.75) is 12.1 Å². The molecule has 0 saturated carbocycles. The van der Waals surface area contributed by atoms with Crippen LogP contribution in [0.15, 0.2) is 27.9 Å². The van der Waals surface area contributed by atoms with Gasteiger partial charge in [-0.25, -0.2) is 0 Å². The number of carbonyl (C=O) groups excluding carboxylic acids is 1. The smallest absolute Gasteiger partial charge is 0.232 e. The average molecular weight is 178 g/mol. The maximum Gasteiger partial charge on any atom is 0.232 e. The second-order valence-electron chi connectivity index (χ2n) is 2.65. The molecule has 0 spiro atoms. The SMILES string of the molecule is [N-]=[N+]=NC1C(=O)NC1c1ccco1. The molecule has 13 heavy (non-hydrogen) atoms. The molecule has 66 valence electrons. The van der Waals surface area contributed by atoms with Gasteiger partial charge in [-0.2, -0.15) is 0 Å². The Bertz CT molecular complexity index is 364. The van der Waals surface area contributed by atoms with Gasteiger partial charge in [0.05, 0.1) is 6.26 Å². The van der Waals surface area contributed by atoms with Gasteiger partial charge in [0.1, 0.15) is 17.8 Å². The predicted octanol–water partition coefficient (Wildman–Crippen LogP) is 1.13. The molecule has 6 nitrogen and oxygen atoms in total. The second kappa shape index (κ2) is 2.84. The van der Waals surface area contributed by atoms with Crippen molar-refractivity contribution in [3.8, 4) is 0 Å². The number of hydrogen-bond acceptors (Lipinski definition) is 3. The Morgan fingerprint density at radius 1 is 1.69 bits per heavy atom. The molecule has 1 aromatic heterocycles. The molecule has 0 radical (unpaired) electrons. The van der Waals surface area contributed by atoms with Crippen molar-refractivity contribution in [1.29, 1.82) is 0 Å². The molecule has 0 aliphatic carbocycles.